The molecule has 0 radical (unpaired) electrons. The van der Waals surface area contributed by atoms with Crippen LogP contribution >= 0.6 is 0 Å². The first-order valence-electron chi connectivity index (χ1n) is 7.82. The quantitative estimate of drug-likeness (QED) is 0.915. The number of carbonyl (C=O) groups is 1. The largest absolute Gasteiger partial charge is 0.355 e. The molecule has 2 aliphatic heterocycles. The van der Waals surface area contributed by atoms with Crippen LogP contribution in [0.1, 0.15) is 12.8 Å². The number of hydrogen-bond acceptors (Lipinski definition) is 4. The number of hydrogen-bond donors (Lipinski definition) is 1. The lowest BCUT2D eigenvalue weighted by atomic mass is 10.0. The lowest BCUT2D eigenvalue weighted by Gasteiger charge is -2.36. The second-order valence-corrected chi connectivity index (χ2v) is 5.86. The zero-order valence-corrected chi connectivity index (χ0v) is 12.4. The van der Waals surface area contributed by atoms with Crippen molar-refractivity contribution in [2.45, 2.75) is 18.9 Å². The van der Waals surface area contributed by atoms with Crippen LogP contribution in [0.4, 0.5) is 10.6 Å². The third-order valence-electron chi connectivity index (χ3n) is 4.55. The molecule has 0 spiro atoms. The van der Waals surface area contributed by atoms with Crippen LogP contribution in [-0.2, 0) is 0 Å². The van der Waals surface area contributed by atoms with E-state index in [9.17, 15) is 4.79 Å². The topological polar surface area (TPSA) is 61.4 Å². The molecule has 0 unspecified atom stereocenters. The average Bonchev–Trinajstić information content (AvgIpc) is 3.01. The van der Waals surface area contributed by atoms with E-state index in [1.165, 1.54) is 0 Å². The molecule has 1 aromatic carbocycles. The summed E-state index contributed by atoms with van der Waals surface area (Å²) in [5, 5.41) is 2.88. The van der Waals surface area contributed by atoms with E-state index < -0.39 is 0 Å². The van der Waals surface area contributed by atoms with E-state index in [-0.39, 0.29) is 6.03 Å². The molecular formula is C16H19N5O. The third kappa shape index (κ3) is 2.34. The Balaban J connectivity index is 1.47. The number of para-hydroxylation sites is 2. The molecule has 4 rings (SSSR count). The van der Waals surface area contributed by atoms with E-state index in [0.717, 1.165) is 55.9 Å². The van der Waals surface area contributed by atoms with Gasteiger partial charge in [-0.1, -0.05) is 12.1 Å². The Morgan fingerprint density at radius 3 is 2.59 bits per heavy atom. The molecule has 0 saturated carbocycles. The SMILES string of the molecule is O=C1NCCN1C1CCN(c2cnc3ccccc3n2)CC1. The van der Waals surface area contributed by atoms with Gasteiger partial charge in [0.2, 0.25) is 0 Å². The molecule has 3 heterocycles. The number of nitrogens with zero attached hydrogens (tertiary/aromatic N) is 4. The summed E-state index contributed by atoms with van der Waals surface area (Å²) in [6.07, 6.45) is 3.83. The number of fused-ring (bicyclic) bond motifs is 1. The molecule has 2 amide bonds. The van der Waals surface area contributed by atoms with Crippen LogP contribution in [0.15, 0.2) is 30.5 Å². The first-order chi connectivity index (χ1) is 10.8. The number of piperidine rings is 1. The highest BCUT2D eigenvalue weighted by Gasteiger charge is 2.30. The van der Waals surface area contributed by atoms with Gasteiger partial charge in [0.15, 0.2) is 0 Å². The molecule has 22 heavy (non-hydrogen) atoms. The number of urea groups is 1. The van der Waals surface area contributed by atoms with E-state index in [4.69, 9.17) is 4.98 Å². The van der Waals surface area contributed by atoms with Gasteiger partial charge < -0.3 is 15.1 Å². The second kappa shape index (κ2) is 5.44. The van der Waals surface area contributed by atoms with Gasteiger partial charge in [-0.25, -0.2) is 9.78 Å². The van der Waals surface area contributed by atoms with Crippen LogP contribution < -0.4 is 10.2 Å². The molecule has 2 aromatic rings. The Labute approximate surface area is 129 Å². The summed E-state index contributed by atoms with van der Waals surface area (Å²) in [4.78, 5) is 25.2. The summed E-state index contributed by atoms with van der Waals surface area (Å²) in [6.45, 7) is 3.44. The normalized spacial score (nSPS) is 19.7. The van der Waals surface area contributed by atoms with E-state index in [2.05, 4.69) is 15.2 Å². The van der Waals surface area contributed by atoms with Crippen LogP contribution in [0.25, 0.3) is 11.0 Å². The fourth-order valence-electron chi connectivity index (χ4n) is 3.34. The molecule has 2 saturated heterocycles. The number of nitrogens with one attached hydrogen (secondary N) is 1. The van der Waals surface area contributed by atoms with Crippen LogP contribution in [0.5, 0.6) is 0 Å². The zero-order valence-electron chi connectivity index (χ0n) is 12.4. The minimum atomic E-state index is 0.0870. The monoisotopic (exact) mass is 297 g/mol. The van der Waals surface area contributed by atoms with Crippen molar-refractivity contribution in [3.05, 3.63) is 30.5 Å². The Hall–Kier alpha value is -2.37. The maximum Gasteiger partial charge on any atom is 0.317 e. The van der Waals surface area contributed by atoms with Crippen molar-refractivity contribution in [1.82, 2.24) is 20.2 Å². The van der Waals surface area contributed by atoms with Gasteiger partial charge >= 0.3 is 6.03 Å². The Kier molecular flexibility index (Phi) is 3.29. The molecular weight excluding hydrogens is 278 g/mol. The van der Waals surface area contributed by atoms with Gasteiger partial charge in [0.1, 0.15) is 5.82 Å². The molecule has 6 nitrogen and oxygen atoms in total. The van der Waals surface area contributed by atoms with E-state index >= 15 is 0 Å². The van der Waals surface area contributed by atoms with Gasteiger partial charge in [0.05, 0.1) is 17.2 Å². The molecule has 114 valence electrons. The third-order valence-corrected chi connectivity index (χ3v) is 4.55. The smallest absolute Gasteiger partial charge is 0.317 e. The van der Waals surface area contributed by atoms with Crippen molar-refractivity contribution in [2.24, 2.45) is 0 Å². The number of rotatable bonds is 2. The van der Waals surface area contributed by atoms with Crippen LogP contribution in [-0.4, -0.2) is 53.1 Å². The van der Waals surface area contributed by atoms with Crippen molar-refractivity contribution >= 4 is 22.9 Å². The summed E-state index contributed by atoms with van der Waals surface area (Å²) < 4.78 is 0. The fraction of sp³-hybridized carbons (Fsp3) is 0.438. The predicted octanol–water partition coefficient (Wildman–Crippen LogP) is 1.62. The minimum Gasteiger partial charge on any atom is -0.355 e. The van der Waals surface area contributed by atoms with Gasteiger partial charge in [-0.3, -0.25) is 4.98 Å². The van der Waals surface area contributed by atoms with Gasteiger partial charge in [0, 0.05) is 32.2 Å². The van der Waals surface area contributed by atoms with Crippen molar-refractivity contribution in [2.75, 3.05) is 31.1 Å². The standard InChI is InChI=1S/C16H19N5O/c22-16-17-7-10-21(16)12-5-8-20(9-6-12)15-11-18-13-3-1-2-4-14(13)19-15/h1-4,11-12H,5-10H2,(H,17,22). The van der Waals surface area contributed by atoms with Crippen LogP contribution in [0.3, 0.4) is 0 Å². The first-order valence-corrected chi connectivity index (χ1v) is 7.82. The second-order valence-electron chi connectivity index (χ2n) is 5.86. The summed E-state index contributed by atoms with van der Waals surface area (Å²) >= 11 is 0. The maximum atomic E-state index is 11.8. The van der Waals surface area contributed by atoms with E-state index in [1.807, 2.05) is 35.4 Å². The van der Waals surface area contributed by atoms with E-state index in [1.54, 1.807) is 0 Å². The van der Waals surface area contributed by atoms with Crippen molar-refractivity contribution in [3.8, 4) is 0 Å². The highest BCUT2D eigenvalue weighted by molar-refractivity contribution is 5.77. The highest BCUT2D eigenvalue weighted by Crippen LogP contribution is 2.23. The Morgan fingerprint density at radius 1 is 1.09 bits per heavy atom. The highest BCUT2D eigenvalue weighted by atomic mass is 16.2. The van der Waals surface area contributed by atoms with Crippen molar-refractivity contribution in [1.29, 1.82) is 0 Å². The van der Waals surface area contributed by atoms with Gasteiger partial charge in [-0.15, -0.1) is 0 Å². The molecule has 0 aliphatic carbocycles. The number of anilines is 1. The number of carbonyl (C=O) groups excluding carboxylic acids is 1. The minimum absolute atomic E-state index is 0.0870. The Morgan fingerprint density at radius 2 is 1.86 bits per heavy atom. The first kappa shape index (κ1) is 13.3. The molecule has 0 bridgehead atoms. The van der Waals surface area contributed by atoms with Crippen molar-refractivity contribution < 1.29 is 4.79 Å². The fourth-order valence-corrected chi connectivity index (χ4v) is 3.34. The Bertz CT molecular complexity index is 696. The molecule has 0 atom stereocenters. The van der Waals surface area contributed by atoms with Crippen LogP contribution in [0.2, 0.25) is 0 Å². The molecule has 1 N–H and O–H groups in total. The lowest BCUT2D eigenvalue weighted by Crippen LogP contribution is -2.46. The summed E-state index contributed by atoms with van der Waals surface area (Å²) in [5.41, 5.74) is 1.86. The predicted molar refractivity (Wildman–Crippen MR) is 84.9 cm³/mol. The van der Waals surface area contributed by atoms with Gasteiger partial charge in [-0.2, -0.15) is 0 Å². The maximum absolute atomic E-state index is 11.8. The van der Waals surface area contributed by atoms with Crippen LogP contribution in [0, 0.1) is 0 Å². The van der Waals surface area contributed by atoms with Gasteiger partial charge in [0.25, 0.3) is 0 Å². The molecule has 1 aromatic heterocycles. The lowest BCUT2D eigenvalue weighted by molar-refractivity contribution is 0.186. The zero-order chi connectivity index (χ0) is 14.9. The number of aromatic nitrogens is 2. The summed E-state index contributed by atoms with van der Waals surface area (Å²) in [7, 11) is 0. The van der Waals surface area contributed by atoms with Crippen molar-refractivity contribution in [3.63, 3.8) is 0 Å². The number of benzene rings is 1. The average molecular weight is 297 g/mol. The molecule has 6 heteroatoms. The summed E-state index contributed by atoms with van der Waals surface area (Å²) in [6, 6.07) is 8.37. The molecule has 2 fully saturated rings. The van der Waals surface area contributed by atoms with Gasteiger partial charge in [-0.05, 0) is 25.0 Å². The van der Waals surface area contributed by atoms with E-state index in [0.29, 0.717) is 6.04 Å². The summed E-state index contributed by atoms with van der Waals surface area (Å²) in [5.74, 6) is 0.933. The molecule has 2 aliphatic rings. The number of amides is 2.